The maximum absolute atomic E-state index is 13.6. The molecule has 0 unspecified atom stereocenters. The van der Waals surface area contributed by atoms with Crippen molar-refractivity contribution in [1.29, 1.82) is 0 Å². The number of hydrogen-bond donors (Lipinski definition) is 2. The molecule has 0 aliphatic carbocycles. The molecule has 2 aromatic heterocycles. The van der Waals surface area contributed by atoms with Crippen LogP contribution < -0.4 is 10.1 Å². The van der Waals surface area contributed by atoms with Crippen molar-refractivity contribution >= 4 is 5.82 Å². The van der Waals surface area contributed by atoms with Gasteiger partial charge in [0.2, 0.25) is 5.88 Å². The largest absolute Gasteiger partial charge is 0.436 e. The highest BCUT2D eigenvalue weighted by Crippen LogP contribution is 2.23. The second kappa shape index (κ2) is 7.67. The van der Waals surface area contributed by atoms with Gasteiger partial charge in [-0.15, -0.1) is 0 Å². The number of aromatic nitrogens is 2. The number of aliphatic hydroxyl groups is 1. The summed E-state index contributed by atoms with van der Waals surface area (Å²) in [5.74, 6) is -0.253. The Hall–Kier alpha value is -3.06. The van der Waals surface area contributed by atoms with Gasteiger partial charge in [0.15, 0.2) is 11.6 Å². The lowest BCUT2D eigenvalue weighted by Crippen LogP contribution is -2.04. The molecule has 3 aromatic rings. The van der Waals surface area contributed by atoms with Crippen molar-refractivity contribution < 1.29 is 18.6 Å². The SMILES string of the molecule is OCc1cc(NCc2ccnc(Oc3ccccc3F)c2)ncc1F. The Kier molecular flexibility index (Phi) is 5.15. The average molecular weight is 343 g/mol. The minimum atomic E-state index is -0.558. The molecule has 0 saturated heterocycles. The summed E-state index contributed by atoms with van der Waals surface area (Å²) in [5.41, 5.74) is 0.980. The van der Waals surface area contributed by atoms with Gasteiger partial charge in [-0.05, 0) is 29.8 Å². The summed E-state index contributed by atoms with van der Waals surface area (Å²) in [6.45, 7) is -0.0292. The van der Waals surface area contributed by atoms with Crippen molar-refractivity contribution in [1.82, 2.24) is 9.97 Å². The number of rotatable bonds is 6. The smallest absolute Gasteiger partial charge is 0.219 e. The maximum atomic E-state index is 13.6. The Balaban J connectivity index is 1.69. The van der Waals surface area contributed by atoms with Gasteiger partial charge in [0.1, 0.15) is 11.6 Å². The molecule has 25 heavy (non-hydrogen) atoms. The zero-order valence-corrected chi connectivity index (χ0v) is 13.1. The number of aliphatic hydroxyl groups excluding tert-OH is 1. The monoisotopic (exact) mass is 343 g/mol. The number of ether oxygens (including phenoxy) is 1. The quantitative estimate of drug-likeness (QED) is 0.715. The van der Waals surface area contributed by atoms with Crippen LogP contribution in [0.15, 0.2) is 54.9 Å². The van der Waals surface area contributed by atoms with Crippen molar-refractivity contribution in [2.75, 3.05) is 5.32 Å². The Morgan fingerprint density at radius 1 is 1.04 bits per heavy atom. The predicted octanol–water partition coefficient (Wildman–Crippen LogP) is 3.65. The highest BCUT2D eigenvalue weighted by molar-refractivity contribution is 5.39. The van der Waals surface area contributed by atoms with E-state index in [0.717, 1.165) is 11.8 Å². The highest BCUT2D eigenvalue weighted by atomic mass is 19.1. The first-order valence-corrected chi connectivity index (χ1v) is 7.52. The number of benzene rings is 1. The van der Waals surface area contributed by atoms with Crippen LogP contribution in [0.5, 0.6) is 11.6 Å². The van der Waals surface area contributed by atoms with E-state index in [1.165, 1.54) is 18.2 Å². The first-order chi connectivity index (χ1) is 12.2. The molecule has 7 heteroatoms. The van der Waals surface area contributed by atoms with Crippen LogP contribution in [0.25, 0.3) is 0 Å². The molecule has 2 heterocycles. The van der Waals surface area contributed by atoms with Gasteiger partial charge in [-0.1, -0.05) is 12.1 Å². The number of para-hydroxylation sites is 1. The van der Waals surface area contributed by atoms with E-state index >= 15 is 0 Å². The lowest BCUT2D eigenvalue weighted by atomic mass is 10.2. The number of nitrogens with one attached hydrogen (secondary N) is 1. The molecule has 0 aliphatic heterocycles. The van der Waals surface area contributed by atoms with Crippen LogP contribution in [0.4, 0.5) is 14.6 Å². The molecular weight excluding hydrogens is 328 g/mol. The maximum Gasteiger partial charge on any atom is 0.219 e. The molecule has 128 valence electrons. The second-order valence-corrected chi connectivity index (χ2v) is 5.21. The van der Waals surface area contributed by atoms with E-state index < -0.39 is 18.2 Å². The molecule has 0 aliphatic rings. The molecule has 0 bridgehead atoms. The summed E-state index contributed by atoms with van der Waals surface area (Å²) in [7, 11) is 0. The van der Waals surface area contributed by atoms with Gasteiger partial charge in [0, 0.05) is 24.4 Å². The van der Waals surface area contributed by atoms with Crippen LogP contribution >= 0.6 is 0 Å². The highest BCUT2D eigenvalue weighted by Gasteiger charge is 2.07. The van der Waals surface area contributed by atoms with Gasteiger partial charge in [0.25, 0.3) is 0 Å². The number of anilines is 1. The van der Waals surface area contributed by atoms with Crippen LogP contribution in [0.3, 0.4) is 0 Å². The van der Waals surface area contributed by atoms with E-state index in [9.17, 15) is 8.78 Å². The summed E-state index contributed by atoms with van der Waals surface area (Å²) in [5, 5.41) is 12.1. The fraction of sp³-hybridized carbons (Fsp3) is 0.111. The Morgan fingerprint density at radius 3 is 2.68 bits per heavy atom. The van der Waals surface area contributed by atoms with E-state index in [1.807, 2.05) is 0 Å². The minimum absolute atomic E-state index is 0.0906. The third-order valence-corrected chi connectivity index (χ3v) is 3.43. The van der Waals surface area contributed by atoms with E-state index in [1.54, 1.807) is 30.5 Å². The lowest BCUT2D eigenvalue weighted by Gasteiger charge is -2.09. The lowest BCUT2D eigenvalue weighted by molar-refractivity contribution is 0.275. The van der Waals surface area contributed by atoms with E-state index in [-0.39, 0.29) is 17.2 Å². The standard InChI is InChI=1S/C18H15F2N3O2/c19-14-3-1-2-4-16(14)25-18-7-12(5-6-21-18)9-22-17-8-13(11-24)15(20)10-23-17/h1-8,10,24H,9,11H2,(H,22,23). The van der Waals surface area contributed by atoms with Gasteiger partial charge in [-0.3, -0.25) is 0 Å². The van der Waals surface area contributed by atoms with Crippen LogP contribution in [-0.4, -0.2) is 15.1 Å². The molecule has 0 radical (unpaired) electrons. The summed E-state index contributed by atoms with van der Waals surface area (Å²) in [6.07, 6.45) is 2.59. The normalized spacial score (nSPS) is 10.5. The van der Waals surface area contributed by atoms with E-state index in [4.69, 9.17) is 9.84 Å². The number of halogens is 2. The fourth-order valence-corrected chi connectivity index (χ4v) is 2.15. The molecule has 0 amide bonds. The number of hydrogen-bond acceptors (Lipinski definition) is 5. The van der Waals surface area contributed by atoms with Gasteiger partial charge < -0.3 is 15.2 Å². The molecule has 0 spiro atoms. The van der Waals surface area contributed by atoms with Crippen molar-refractivity contribution in [3.05, 3.63) is 77.6 Å². The number of pyridine rings is 2. The topological polar surface area (TPSA) is 67.3 Å². The fourth-order valence-electron chi connectivity index (χ4n) is 2.15. The number of nitrogens with zero attached hydrogens (tertiary/aromatic N) is 2. The van der Waals surface area contributed by atoms with E-state index in [0.29, 0.717) is 12.4 Å². The molecular formula is C18H15F2N3O2. The Labute approximate surface area is 143 Å². The van der Waals surface area contributed by atoms with Gasteiger partial charge >= 0.3 is 0 Å². The zero-order chi connectivity index (χ0) is 17.6. The van der Waals surface area contributed by atoms with Crippen LogP contribution in [-0.2, 0) is 13.2 Å². The van der Waals surface area contributed by atoms with Gasteiger partial charge in [0.05, 0.1) is 12.8 Å². The van der Waals surface area contributed by atoms with Crippen LogP contribution in [0, 0.1) is 11.6 Å². The summed E-state index contributed by atoms with van der Waals surface area (Å²) >= 11 is 0. The Bertz CT molecular complexity index is 874. The summed E-state index contributed by atoms with van der Waals surface area (Å²) < 4.78 is 32.4. The molecule has 0 fully saturated rings. The van der Waals surface area contributed by atoms with Crippen LogP contribution in [0.2, 0.25) is 0 Å². The minimum Gasteiger partial charge on any atom is -0.436 e. The zero-order valence-electron chi connectivity index (χ0n) is 13.1. The van der Waals surface area contributed by atoms with Crippen molar-refractivity contribution in [3.63, 3.8) is 0 Å². The molecule has 0 atom stereocenters. The molecule has 5 nitrogen and oxygen atoms in total. The average Bonchev–Trinajstić information content (AvgIpc) is 2.63. The molecule has 3 rings (SSSR count). The van der Waals surface area contributed by atoms with E-state index in [2.05, 4.69) is 15.3 Å². The third kappa shape index (κ3) is 4.27. The summed E-state index contributed by atoms with van der Waals surface area (Å²) in [4.78, 5) is 7.96. The molecule has 2 N–H and O–H groups in total. The van der Waals surface area contributed by atoms with Gasteiger partial charge in [-0.25, -0.2) is 18.7 Å². The molecule has 1 aromatic carbocycles. The van der Waals surface area contributed by atoms with Crippen LogP contribution in [0.1, 0.15) is 11.1 Å². The molecule has 0 saturated carbocycles. The van der Waals surface area contributed by atoms with Crippen molar-refractivity contribution in [2.24, 2.45) is 0 Å². The second-order valence-electron chi connectivity index (χ2n) is 5.21. The van der Waals surface area contributed by atoms with Crippen molar-refractivity contribution in [2.45, 2.75) is 13.2 Å². The summed E-state index contributed by atoms with van der Waals surface area (Å²) in [6, 6.07) is 10.9. The first kappa shape index (κ1) is 16.8. The predicted molar refractivity (Wildman–Crippen MR) is 88.2 cm³/mol. The Morgan fingerprint density at radius 2 is 1.88 bits per heavy atom. The first-order valence-electron chi connectivity index (χ1n) is 7.52. The third-order valence-electron chi connectivity index (χ3n) is 3.43. The van der Waals surface area contributed by atoms with Crippen molar-refractivity contribution in [3.8, 4) is 11.6 Å². The van der Waals surface area contributed by atoms with Gasteiger partial charge in [-0.2, -0.15) is 0 Å².